The van der Waals surface area contributed by atoms with E-state index in [2.05, 4.69) is 289 Å². The van der Waals surface area contributed by atoms with Crippen molar-refractivity contribution in [2.45, 2.75) is 5.41 Å². The van der Waals surface area contributed by atoms with Crippen molar-refractivity contribution < 1.29 is 0 Å². The van der Waals surface area contributed by atoms with Crippen molar-refractivity contribution in [1.29, 1.82) is 0 Å². The van der Waals surface area contributed by atoms with Crippen molar-refractivity contribution in [3.05, 3.63) is 301 Å². The molecule has 0 atom stereocenters. The first-order chi connectivity index (χ1) is 34.2. The third-order valence-electron chi connectivity index (χ3n) is 14.3. The summed E-state index contributed by atoms with van der Waals surface area (Å²) in [6.07, 6.45) is 0. The number of para-hydroxylation sites is 3. The van der Waals surface area contributed by atoms with Gasteiger partial charge in [0.05, 0.1) is 22.1 Å². The quantitative estimate of drug-likeness (QED) is 0.140. The monoisotopic (exact) mass is 878 g/mol. The van der Waals surface area contributed by atoms with E-state index in [-0.39, 0.29) is 0 Å². The van der Waals surface area contributed by atoms with E-state index in [4.69, 9.17) is 0 Å². The summed E-state index contributed by atoms with van der Waals surface area (Å²) in [6.45, 7) is 0. The van der Waals surface area contributed by atoms with Gasteiger partial charge in [0.25, 0.3) is 0 Å². The summed E-state index contributed by atoms with van der Waals surface area (Å²) in [4.78, 5) is 2.43. The number of fused-ring (bicyclic) bond motifs is 6. The van der Waals surface area contributed by atoms with Crippen LogP contribution in [0.1, 0.15) is 22.3 Å². The second-order valence-corrected chi connectivity index (χ2v) is 18.0. The summed E-state index contributed by atoms with van der Waals surface area (Å²) in [5, 5.41) is 2.47. The summed E-state index contributed by atoms with van der Waals surface area (Å²) in [6, 6.07) is 102. The number of benzene rings is 11. The standard InChI is InChI=1S/C67H46N2/c1-5-20-47(21-6-1)48-36-39-55(40-37-48)69-65-35-18-15-32-59(65)61-45-50(38-43-66(61)69)49-22-19-23-51(44-49)57-30-14-17-34-64(57)68(54-28-11-4-12-29-54)56-41-42-63-60(46-56)58-31-13-16-33-62(58)67(63,52-24-7-2-8-25-52)53-26-9-3-10-27-53/h1-46H. The highest BCUT2D eigenvalue weighted by atomic mass is 15.1. The molecule has 2 heteroatoms. The van der Waals surface area contributed by atoms with Crippen LogP contribution in [0, 0.1) is 0 Å². The molecule has 0 amide bonds. The Morgan fingerprint density at radius 2 is 0.826 bits per heavy atom. The molecule has 0 N–H and O–H groups in total. The van der Waals surface area contributed by atoms with E-state index in [0.29, 0.717) is 0 Å². The van der Waals surface area contributed by atoms with Gasteiger partial charge in [-0.2, -0.15) is 0 Å². The average molecular weight is 879 g/mol. The van der Waals surface area contributed by atoms with E-state index < -0.39 is 5.41 Å². The van der Waals surface area contributed by atoms with Gasteiger partial charge in [-0.3, -0.25) is 0 Å². The minimum Gasteiger partial charge on any atom is -0.310 e. The molecule has 13 rings (SSSR count). The van der Waals surface area contributed by atoms with Crippen LogP contribution in [0.15, 0.2) is 279 Å². The molecule has 1 aliphatic rings. The van der Waals surface area contributed by atoms with E-state index in [1.54, 1.807) is 0 Å². The van der Waals surface area contributed by atoms with Gasteiger partial charge in [-0.25, -0.2) is 0 Å². The van der Waals surface area contributed by atoms with Crippen molar-refractivity contribution in [2.75, 3.05) is 4.90 Å². The lowest BCUT2D eigenvalue weighted by Crippen LogP contribution is -2.28. The molecular weight excluding hydrogens is 833 g/mol. The Labute approximate surface area is 403 Å². The first kappa shape index (κ1) is 40.3. The molecular formula is C67H46N2. The van der Waals surface area contributed by atoms with Crippen LogP contribution in [0.3, 0.4) is 0 Å². The molecule has 0 saturated heterocycles. The Kier molecular flexibility index (Phi) is 9.77. The van der Waals surface area contributed by atoms with Gasteiger partial charge >= 0.3 is 0 Å². The van der Waals surface area contributed by atoms with Gasteiger partial charge in [-0.05, 0) is 128 Å². The lowest BCUT2D eigenvalue weighted by atomic mass is 9.68. The average Bonchev–Trinajstić information content (AvgIpc) is 3.92. The number of aromatic nitrogens is 1. The zero-order valence-electron chi connectivity index (χ0n) is 38.0. The Morgan fingerprint density at radius 3 is 1.58 bits per heavy atom. The first-order valence-corrected chi connectivity index (χ1v) is 23.8. The summed E-state index contributed by atoms with van der Waals surface area (Å²) >= 11 is 0. The van der Waals surface area contributed by atoms with Gasteiger partial charge in [-0.15, -0.1) is 0 Å². The van der Waals surface area contributed by atoms with Gasteiger partial charge in [0.15, 0.2) is 0 Å². The maximum absolute atomic E-state index is 2.43. The van der Waals surface area contributed by atoms with Crippen LogP contribution in [0.5, 0.6) is 0 Å². The molecule has 11 aromatic carbocycles. The molecule has 1 aromatic heterocycles. The van der Waals surface area contributed by atoms with Gasteiger partial charge in [0.2, 0.25) is 0 Å². The molecule has 0 bridgehead atoms. The second kappa shape index (κ2) is 16.7. The van der Waals surface area contributed by atoms with E-state index in [1.807, 2.05) is 0 Å². The Balaban J connectivity index is 0.924. The van der Waals surface area contributed by atoms with Crippen LogP contribution < -0.4 is 4.90 Å². The molecule has 0 unspecified atom stereocenters. The normalized spacial score (nSPS) is 12.5. The van der Waals surface area contributed by atoms with Gasteiger partial charge in [0, 0.05) is 33.4 Å². The predicted molar refractivity (Wildman–Crippen MR) is 289 cm³/mol. The summed E-state index contributed by atoms with van der Waals surface area (Å²) in [7, 11) is 0. The van der Waals surface area contributed by atoms with Crippen LogP contribution in [-0.2, 0) is 5.41 Å². The number of nitrogens with zero attached hydrogens (tertiary/aromatic N) is 2. The summed E-state index contributed by atoms with van der Waals surface area (Å²) < 4.78 is 2.40. The number of hydrogen-bond donors (Lipinski definition) is 0. The molecule has 12 aromatic rings. The van der Waals surface area contributed by atoms with Crippen LogP contribution in [0.2, 0.25) is 0 Å². The van der Waals surface area contributed by atoms with Crippen molar-refractivity contribution in [3.8, 4) is 50.2 Å². The fraction of sp³-hybridized carbons (Fsp3) is 0.0149. The third-order valence-corrected chi connectivity index (χ3v) is 14.3. The molecule has 2 nitrogen and oxygen atoms in total. The SMILES string of the molecule is c1ccc(-c2ccc(-n3c4ccccc4c4cc(-c5cccc(-c6ccccc6N(c6ccccc6)c6ccc7c(c6)-c6ccccc6C7(c6ccccc6)c6ccccc6)c5)ccc43)cc2)cc1. The lowest BCUT2D eigenvalue weighted by molar-refractivity contribution is 0.768. The Morgan fingerprint density at radius 1 is 0.290 bits per heavy atom. The molecule has 0 saturated carbocycles. The smallest absolute Gasteiger partial charge is 0.0713 e. The largest absolute Gasteiger partial charge is 0.310 e. The number of anilines is 3. The minimum absolute atomic E-state index is 0.463. The highest BCUT2D eigenvalue weighted by Gasteiger charge is 2.46. The third kappa shape index (κ3) is 6.64. The maximum atomic E-state index is 2.43. The summed E-state index contributed by atoms with van der Waals surface area (Å²) in [5.41, 5.74) is 21.1. The maximum Gasteiger partial charge on any atom is 0.0713 e. The molecule has 0 spiro atoms. The molecule has 324 valence electrons. The lowest BCUT2D eigenvalue weighted by Gasteiger charge is -2.34. The van der Waals surface area contributed by atoms with Crippen LogP contribution in [0.25, 0.3) is 72.0 Å². The van der Waals surface area contributed by atoms with E-state index >= 15 is 0 Å². The van der Waals surface area contributed by atoms with Crippen molar-refractivity contribution in [3.63, 3.8) is 0 Å². The van der Waals surface area contributed by atoms with Gasteiger partial charge in [0.1, 0.15) is 0 Å². The molecule has 0 radical (unpaired) electrons. The van der Waals surface area contributed by atoms with E-state index in [9.17, 15) is 0 Å². The molecule has 69 heavy (non-hydrogen) atoms. The van der Waals surface area contributed by atoms with Crippen LogP contribution in [0.4, 0.5) is 17.1 Å². The fourth-order valence-electron chi connectivity index (χ4n) is 11.2. The van der Waals surface area contributed by atoms with E-state index in [0.717, 1.165) is 33.9 Å². The first-order valence-electron chi connectivity index (χ1n) is 23.8. The van der Waals surface area contributed by atoms with Crippen LogP contribution in [-0.4, -0.2) is 4.57 Å². The van der Waals surface area contributed by atoms with Crippen LogP contribution >= 0.6 is 0 Å². The fourth-order valence-corrected chi connectivity index (χ4v) is 11.2. The Bertz CT molecular complexity index is 3780. The second-order valence-electron chi connectivity index (χ2n) is 18.0. The topological polar surface area (TPSA) is 8.17 Å². The molecule has 1 heterocycles. The van der Waals surface area contributed by atoms with Crippen molar-refractivity contribution in [1.82, 2.24) is 4.57 Å². The predicted octanol–water partition coefficient (Wildman–Crippen LogP) is 17.6. The minimum atomic E-state index is -0.463. The Hall–Kier alpha value is -8.98. The molecule has 0 aliphatic heterocycles. The highest BCUT2D eigenvalue weighted by molar-refractivity contribution is 6.10. The van der Waals surface area contributed by atoms with Gasteiger partial charge in [-0.1, -0.05) is 212 Å². The van der Waals surface area contributed by atoms with Crippen molar-refractivity contribution in [2.24, 2.45) is 0 Å². The van der Waals surface area contributed by atoms with Crippen molar-refractivity contribution >= 4 is 38.9 Å². The molecule has 1 aliphatic carbocycles. The zero-order valence-corrected chi connectivity index (χ0v) is 38.0. The molecule has 0 fully saturated rings. The number of hydrogen-bond acceptors (Lipinski definition) is 1. The summed E-state index contributed by atoms with van der Waals surface area (Å²) in [5.74, 6) is 0. The van der Waals surface area contributed by atoms with Gasteiger partial charge < -0.3 is 9.47 Å². The number of rotatable bonds is 9. The van der Waals surface area contributed by atoms with E-state index in [1.165, 1.54) is 77.4 Å². The highest BCUT2D eigenvalue weighted by Crippen LogP contribution is 2.57. The zero-order chi connectivity index (χ0) is 45.7.